The highest BCUT2D eigenvalue weighted by Crippen LogP contribution is 2.30. The second-order valence-corrected chi connectivity index (χ2v) is 8.19. The monoisotopic (exact) mass is 410 g/mol. The van der Waals surface area contributed by atoms with Crippen molar-refractivity contribution in [2.45, 2.75) is 38.7 Å². The molecule has 8 heteroatoms. The van der Waals surface area contributed by atoms with Gasteiger partial charge in [-0.1, -0.05) is 6.07 Å². The molecular weight excluding hydrogens is 387 g/mol. The zero-order valence-electron chi connectivity index (χ0n) is 16.9. The number of piperidine rings is 1. The lowest BCUT2D eigenvalue weighted by molar-refractivity contribution is 0.0799. The molecule has 0 radical (unpaired) electrons. The molecule has 3 aliphatic rings. The summed E-state index contributed by atoms with van der Waals surface area (Å²) in [6.45, 7) is 3.67. The summed E-state index contributed by atoms with van der Waals surface area (Å²) in [7, 11) is 1.76. The van der Waals surface area contributed by atoms with E-state index >= 15 is 4.39 Å². The number of aryl methyl sites for hydroxylation is 1. The number of hydrogen-bond acceptors (Lipinski definition) is 5. The van der Waals surface area contributed by atoms with E-state index in [1.165, 1.54) is 0 Å². The number of nitrogens with zero attached hydrogens (tertiary/aromatic N) is 3. The van der Waals surface area contributed by atoms with Crippen LogP contribution in [0.25, 0.3) is 0 Å². The lowest BCUT2D eigenvalue weighted by Gasteiger charge is -2.36. The predicted octanol–water partition coefficient (Wildman–Crippen LogP) is 2.21. The summed E-state index contributed by atoms with van der Waals surface area (Å²) in [5.74, 6) is 1.10. The van der Waals surface area contributed by atoms with E-state index in [1.54, 1.807) is 24.1 Å². The fraction of sp³-hybridized carbons (Fsp3) is 0.409. The molecule has 2 amide bonds. The van der Waals surface area contributed by atoms with Gasteiger partial charge in [-0.3, -0.25) is 9.59 Å². The number of rotatable bonds is 3. The van der Waals surface area contributed by atoms with E-state index in [2.05, 4.69) is 10.3 Å². The van der Waals surface area contributed by atoms with Gasteiger partial charge in [-0.15, -0.1) is 0 Å². The molecule has 0 bridgehead atoms. The van der Waals surface area contributed by atoms with Gasteiger partial charge in [0.15, 0.2) is 6.17 Å². The molecule has 1 aromatic carbocycles. The number of carbonyl (C=O) groups excluding carboxylic acids is 2. The summed E-state index contributed by atoms with van der Waals surface area (Å²) in [6, 6.07) is 7.23. The summed E-state index contributed by atoms with van der Waals surface area (Å²) in [6.07, 6.45) is -1.27. The minimum atomic E-state index is -1.19. The van der Waals surface area contributed by atoms with Crippen LogP contribution in [0, 0.1) is 6.92 Å². The van der Waals surface area contributed by atoms with Gasteiger partial charge in [0.1, 0.15) is 17.7 Å². The molecule has 5 rings (SSSR count). The van der Waals surface area contributed by atoms with Gasteiger partial charge in [0.25, 0.3) is 11.8 Å². The topological polar surface area (TPSA) is 74.8 Å². The van der Waals surface area contributed by atoms with Crippen molar-refractivity contribution in [2.75, 3.05) is 25.0 Å². The Labute approximate surface area is 173 Å². The number of carbonyl (C=O) groups is 2. The van der Waals surface area contributed by atoms with Gasteiger partial charge in [-0.2, -0.15) is 0 Å². The molecule has 4 heterocycles. The summed E-state index contributed by atoms with van der Waals surface area (Å²) in [5, 5.41) is 2.77. The third-order valence-corrected chi connectivity index (χ3v) is 6.06. The van der Waals surface area contributed by atoms with Gasteiger partial charge in [-0.25, -0.2) is 9.37 Å². The molecular formula is C22H23FN4O3. The average molecular weight is 410 g/mol. The maximum Gasteiger partial charge on any atom is 0.254 e. The number of nitrogens with one attached hydrogen (secondary N) is 1. The number of benzene rings is 1. The number of amides is 2. The Morgan fingerprint density at radius 3 is 2.87 bits per heavy atom. The molecule has 1 N–H and O–H groups in total. The minimum Gasteiger partial charge on any atom is -0.487 e. The van der Waals surface area contributed by atoms with Crippen molar-refractivity contribution in [3.8, 4) is 5.75 Å². The molecule has 1 saturated heterocycles. The average Bonchev–Trinajstić information content (AvgIpc) is 3.22. The molecule has 1 fully saturated rings. The molecule has 2 aromatic rings. The van der Waals surface area contributed by atoms with Crippen LogP contribution in [0.5, 0.6) is 5.75 Å². The Kier molecular flexibility index (Phi) is 4.38. The van der Waals surface area contributed by atoms with Gasteiger partial charge in [0.05, 0.1) is 24.3 Å². The first-order valence-electron chi connectivity index (χ1n) is 10.1. The standard InChI is InChI=1S/C22H23FN4O3/c1-12-7-16-18(9-24-21(16)28)25-20(12)27-6-5-19(17(23)11-27)30-14-4-3-13-10-26(2)22(29)15(13)8-14/h3-4,7-8,17,19H,5-6,9-11H2,1-2H3,(H,24,28)/t17-,19?/m0/s1. The Morgan fingerprint density at radius 2 is 2.07 bits per heavy atom. The van der Waals surface area contributed by atoms with E-state index in [9.17, 15) is 9.59 Å². The number of ether oxygens (including phenoxy) is 1. The molecule has 0 saturated carbocycles. The van der Waals surface area contributed by atoms with Crippen LogP contribution in [0.2, 0.25) is 0 Å². The molecule has 7 nitrogen and oxygen atoms in total. The maximum atomic E-state index is 15.0. The van der Waals surface area contributed by atoms with E-state index in [0.717, 1.165) is 16.9 Å². The zero-order valence-corrected chi connectivity index (χ0v) is 16.9. The Bertz CT molecular complexity index is 1060. The van der Waals surface area contributed by atoms with Gasteiger partial charge in [0.2, 0.25) is 0 Å². The van der Waals surface area contributed by atoms with Gasteiger partial charge in [-0.05, 0) is 36.2 Å². The third-order valence-electron chi connectivity index (χ3n) is 6.06. The van der Waals surface area contributed by atoms with Crippen molar-refractivity contribution in [3.05, 3.63) is 52.2 Å². The number of alkyl halides is 1. The molecule has 3 aliphatic heterocycles. The van der Waals surface area contributed by atoms with Gasteiger partial charge in [0, 0.05) is 32.1 Å². The van der Waals surface area contributed by atoms with Crippen LogP contribution in [0.3, 0.4) is 0 Å². The van der Waals surface area contributed by atoms with Crippen molar-refractivity contribution in [1.29, 1.82) is 0 Å². The highest BCUT2D eigenvalue weighted by Gasteiger charge is 2.34. The fourth-order valence-corrected chi connectivity index (χ4v) is 4.43. The van der Waals surface area contributed by atoms with Crippen LogP contribution in [0.15, 0.2) is 24.3 Å². The largest absolute Gasteiger partial charge is 0.487 e. The van der Waals surface area contributed by atoms with Crippen molar-refractivity contribution < 1.29 is 18.7 Å². The summed E-state index contributed by atoms with van der Waals surface area (Å²) in [4.78, 5) is 32.2. The molecule has 156 valence electrons. The maximum absolute atomic E-state index is 15.0. The lowest BCUT2D eigenvalue weighted by Crippen LogP contribution is -2.47. The smallest absolute Gasteiger partial charge is 0.254 e. The van der Waals surface area contributed by atoms with Crippen molar-refractivity contribution in [3.63, 3.8) is 0 Å². The second kappa shape index (κ2) is 6.97. The molecule has 0 aliphatic carbocycles. The summed E-state index contributed by atoms with van der Waals surface area (Å²) < 4.78 is 20.9. The van der Waals surface area contributed by atoms with Crippen LogP contribution < -0.4 is 15.0 Å². The molecule has 0 spiro atoms. The van der Waals surface area contributed by atoms with Crippen LogP contribution in [-0.4, -0.2) is 54.1 Å². The number of hydrogen-bond donors (Lipinski definition) is 1. The van der Waals surface area contributed by atoms with E-state index in [4.69, 9.17) is 4.74 Å². The van der Waals surface area contributed by atoms with Crippen LogP contribution in [0.4, 0.5) is 10.2 Å². The number of fused-ring (bicyclic) bond motifs is 2. The first kappa shape index (κ1) is 18.8. The lowest BCUT2D eigenvalue weighted by atomic mass is 10.0. The zero-order chi connectivity index (χ0) is 21.0. The highest BCUT2D eigenvalue weighted by atomic mass is 19.1. The van der Waals surface area contributed by atoms with Crippen molar-refractivity contribution >= 4 is 17.6 Å². The molecule has 2 atom stereocenters. The van der Waals surface area contributed by atoms with Crippen LogP contribution >= 0.6 is 0 Å². The fourth-order valence-electron chi connectivity index (χ4n) is 4.43. The Balaban J connectivity index is 1.29. The minimum absolute atomic E-state index is 0.0341. The van der Waals surface area contributed by atoms with Gasteiger partial charge >= 0.3 is 0 Å². The molecule has 1 aromatic heterocycles. The molecule has 1 unspecified atom stereocenters. The number of halogens is 1. The van der Waals surface area contributed by atoms with E-state index < -0.39 is 12.3 Å². The van der Waals surface area contributed by atoms with Crippen LogP contribution in [0.1, 0.15) is 44.0 Å². The van der Waals surface area contributed by atoms with Crippen molar-refractivity contribution in [1.82, 2.24) is 15.2 Å². The quantitative estimate of drug-likeness (QED) is 0.840. The van der Waals surface area contributed by atoms with Gasteiger partial charge < -0.3 is 19.9 Å². The Hall–Kier alpha value is -3.16. The van der Waals surface area contributed by atoms with E-state index in [-0.39, 0.29) is 18.4 Å². The number of aromatic nitrogens is 1. The number of pyridine rings is 1. The summed E-state index contributed by atoms with van der Waals surface area (Å²) in [5.41, 5.74) is 3.76. The number of anilines is 1. The second-order valence-electron chi connectivity index (χ2n) is 8.19. The third kappa shape index (κ3) is 3.07. The SMILES string of the molecule is Cc1cc2c(nc1N1CCC(Oc3ccc4c(c3)C(=O)N(C)C4)[C@@H](F)C1)CNC2=O. The first-order valence-corrected chi connectivity index (χ1v) is 10.1. The first-order chi connectivity index (χ1) is 14.4. The van der Waals surface area contributed by atoms with Crippen molar-refractivity contribution in [2.24, 2.45) is 0 Å². The van der Waals surface area contributed by atoms with E-state index in [1.807, 2.05) is 24.0 Å². The van der Waals surface area contributed by atoms with Crippen LogP contribution in [-0.2, 0) is 13.1 Å². The predicted molar refractivity (Wildman–Crippen MR) is 109 cm³/mol. The molecule has 30 heavy (non-hydrogen) atoms. The highest BCUT2D eigenvalue weighted by molar-refractivity contribution is 5.99. The Morgan fingerprint density at radius 1 is 1.23 bits per heavy atom. The van der Waals surface area contributed by atoms with E-state index in [0.29, 0.717) is 48.6 Å². The summed E-state index contributed by atoms with van der Waals surface area (Å²) >= 11 is 0. The normalized spacial score (nSPS) is 22.8.